The Morgan fingerprint density at radius 2 is 1.61 bits per heavy atom. The number of benzene rings is 3. The van der Waals surface area contributed by atoms with Crippen molar-refractivity contribution in [2.24, 2.45) is 0 Å². The van der Waals surface area contributed by atoms with Gasteiger partial charge >= 0.3 is 0 Å². The van der Waals surface area contributed by atoms with Crippen LogP contribution in [0.1, 0.15) is 5.56 Å². The van der Waals surface area contributed by atoms with E-state index in [4.69, 9.17) is 21.1 Å². The van der Waals surface area contributed by atoms with E-state index in [0.29, 0.717) is 37.0 Å². The van der Waals surface area contributed by atoms with Gasteiger partial charge in [-0.15, -0.1) is 0 Å². The van der Waals surface area contributed by atoms with Crippen LogP contribution >= 0.6 is 11.6 Å². The standard InChI is InChI=1S/C27H29ClFN3O5S/c1-19-4-5-20(28)16-24(19)30-12-14-31(15-13-30)27(33)18-32(22-8-6-21(29)7-9-22)38(34,35)23-10-11-25(36-2)26(17-23)37-3/h4-11,16-17H,12-15,18H2,1-3H3. The third-order valence-corrected chi connectivity index (χ3v) is 8.49. The zero-order chi connectivity index (χ0) is 27.4. The van der Waals surface area contributed by atoms with Gasteiger partial charge in [0.2, 0.25) is 5.91 Å². The minimum Gasteiger partial charge on any atom is -0.493 e. The summed E-state index contributed by atoms with van der Waals surface area (Å²) >= 11 is 6.18. The molecule has 1 saturated heterocycles. The molecule has 38 heavy (non-hydrogen) atoms. The zero-order valence-electron chi connectivity index (χ0n) is 21.4. The van der Waals surface area contributed by atoms with Crippen molar-refractivity contribution >= 4 is 38.9 Å². The molecule has 0 aromatic heterocycles. The lowest BCUT2D eigenvalue weighted by Crippen LogP contribution is -2.52. The molecule has 0 bridgehead atoms. The van der Waals surface area contributed by atoms with Crippen molar-refractivity contribution in [1.82, 2.24) is 4.90 Å². The van der Waals surface area contributed by atoms with Crippen LogP contribution in [0.3, 0.4) is 0 Å². The summed E-state index contributed by atoms with van der Waals surface area (Å²) < 4.78 is 52.6. The Morgan fingerprint density at radius 1 is 0.947 bits per heavy atom. The molecule has 3 aromatic rings. The van der Waals surface area contributed by atoms with Gasteiger partial charge in [0.15, 0.2) is 11.5 Å². The fourth-order valence-corrected chi connectivity index (χ4v) is 5.97. The Bertz CT molecular complexity index is 1410. The number of sulfonamides is 1. The minimum atomic E-state index is -4.22. The Morgan fingerprint density at radius 3 is 2.24 bits per heavy atom. The van der Waals surface area contributed by atoms with Crippen LogP contribution in [0.2, 0.25) is 5.02 Å². The Hall–Kier alpha value is -3.50. The summed E-state index contributed by atoms with van der Waals surface area (Å²) in [6.45, 7) is 3.54. The maximum Gasteiger partial charge on any atom is 0.264 e. The van der Waals surface area contributed by atoms with E-state index in [9.17, 15) is 17.6 Å². The van der Waals surface area contributed by atoms with Crippen LogP contribution in [0.4, 0.5) is 15.8 Å². The van der Waals surface area contributed by atoms with Gasteiger partial charge in [-0.05, 0) is 61.0 Å². The van der Waals surface area contributed by atoms with Gasteiger partial charge in [0.1, 0.15) is 12.4 Å². The second kappa shape index (κ2) is 11.5. The maximum absolute atomic E-state index is 13.8. The van der Waals surface area contributed by atoms with Crippen LogP contribution in [0.25, 0.3) is 0 Å². The van der Waals surface area contributed by atoms with Gasteiger partial charge in [-0.25, -0.2) is 12.8 Å². The van der Waals surface area contributed by atoms with Crippen LogP contribution in [0, 0.1) is 12.7 Å². The number of ether oxygens (including phenoxy) is 2. The highest BCUT2D eigenvalue weighted by Gasteiger charge is 2.31. The molecule has 0 radical (unpaired) electrons. The molecule has 8 nitrogen and oxygen atoms in total. The third kappa shape index (κ3) is 5.81. The van der Waals surface area contributed by atoms with Crippen molar-refractivity contribution in [1.29, 1.82) is 0 Å². The van der Waals surface area contributed by atoms with E-state index in [0.717, 1.165) is 27.7 Å². The maximum atomic E-state index is 13.8. The average Bonchev–Trinajstić information content (AvgIpc) is 2.93. The van der Waals surface area contributed by atoms with Crippen LogP contribution in [-0.2, 0) is 14.8 Å². The highest BCUT2D eigenvalue weighted by Crippen LogP contribution is 2.32. The number of hydrogen-bond donors (Lipinski definition) is 0. The lowest BCUT2D eigenvalue weighted by molar-refractivity contribution is -0.129. The number of hydrogen-bond acceptors (Lipinski definition) is 6. The quantitative estimate of drug-likeness (QED) is 0.407. The van der Waals surface area contributed by atoms with Gasteiger partial charge in [-0.1, -0.05) is 17.7 Å². The van der Waals surface area contributed by atoms with Gasteiger partial charge in [-0.3, -0.25) is 9.10 Å². The number of nitrogens with zero attached hydrogens (tertiary/aromatic N) is 3. The predicted molar refractivity (Wildman–Crippen MR) is 145 cm³/mol. The number of aryl methyl sites for hydroxylation is 1. The zero-order valence-corrected chi connectivity index (χ0v) is 22.9. The number of carbonyl (C=O) groups is 1. The summed E-state index contributed by atoms with van der Waals surface area (Å²) in [4.78, 5) is 17.1. The van der Waals surface area contributed by atoms with Gasteiger partial charge in [0, 0.05) is 43.0 Å². The number of piperazine rings is 1. The molecule has 0 spiro atoms. The van der Waals surface area contributed by atoms with Crippen molar-refractivity contribution < 1.29 is 27.1 Å². The van der Waals surface area contributed by atoms with E-state index < -0.39 is 22.4 Å². The number of methoxy groups -OCH3 is 2. The van der Waals surface area contributed by atoms with Gasteiger partial charge < -0.3 is 19.3 Å². The Kier molecular flexibility index (Phi) is 8.32. The number of halogens is 2. The van der Waals surface area contributed by atoms with E-state index in [1.807, 2.05) is 25.1 Å². The van der Waals surface area contributed by atoms with E-state index in [1.54, 1.807) is 4.90 Å². The monoisotopic (exact) mass is 561 g/mol. The molecule has 4 rings (SSSR count). The molecule has 1 amide bonds. The van der Waals surface area contributed by atoms with Crippen LogP contribution in [-0.4, -0.2) is 66.2 Å². The molecule has 1 heterocycles. The average molecular weight is 562 g/mol. The molecular weight excluding hydrogens is 533 g/mol. The van der Waals surface area contributed by atoms with Crippen molar-refractivity contribution in [2.75, 3.05) is 56.1 Å². The number of rotatable bonds is 8. The summed E-state index contributed by atoms with van der Waals surface area (Å²) in [5.41, 5.74) is 2.26. The topological polar surface area (TPSA) is 79.4 Å². The first-order chi connectivity index (χ1) is 18.1. The first kappa shape index (κ1) is 27.5. The van der Waals surface area contributed by atoms with E-state index in [-0.39, 0.29) is 22.2 Å². The molecule has 0 saturated carbocycles. The molecule has 11 heteroatoms. The normalized spacial score (nSPS) is 13.8. The molecule has 202 valence electrons. The molecule has 0 atom stereocenters. The Balaban J connectivity index is 1.57. The molecule has 1 aliphatic heterocycles. The summed E-state index contributed by atoms with van der Waals surface area (Å²) in [5.74, 6) is -0.285. The number of amides is 1. The largest absolute Gasteiger partial charge is 0.493 e. The lowest BCUT2D eigenvalue weighted by Gasteiger charge is -2.37. The summed E-state index contributed by atoms with van der Waals surface area (Å²) in [7, 11) is -1.37. The lowest BCUT2D eigenvalue weighted by atomic mass is 10.1. The van der Waals surface area contributed by atoms with E-state index in [1.165, 1.54) is 44.6 Å². The number of carbonyl (C=O) groups excluding carboxylic acids is 1. The molecule has 0 aliphatic carbocycles. The molecule has 3 aromatic carbocycles. The van der Waals surface area contributed by atoms with Gasteiger partial charge in [-0.2, -0.15) is 0 Å². The fraction of sp³-hybridized carbons (Fsp3) is 0.296. The van der Waals surface area contributed by atoms with Crippen molar-refractivity contribution in [3.05, 3.63) is 77.1 Å². The molecule has 0 N–H and O–H groups in total. The van der Waals surface area contributed by atoms with Crippen LogP contribution in [0.5, 0.6) is 11.5 Å². The summed E-state index contributed by atoms with van der Waals surface area (Å²) in [5, 5.41) is 0.638. The SMILES string of the molecule is COc1ccc(S(=O)(=O)N(CC(=O)N2CCN(c3cc(Cl)ccc3C)CC2)c2ccc(F)cc2)cc1OC. The molecule has 0 unspecified atom stereocenters. The summed E-state index contributed by atoms with van der Waals surface area (Å²) in [6, 6.07) is 14.9. The fourth-order valence-electron chi connectivity index (χ4n) is 4.37. The van der Waals surface area contributed by atoms with E-state index in [2.05, 4.69) is 4.90 Å². The Labute approximate surface area is 227 Å². The smallest absolute Gasteiger partial charge is 0.264 e. The van der Waals surface area contributed by atoms with E-state index >= 15 is 0 Å². The van der Waals surface area contributed by atoms with Crippen molar-refractivity contribution in [3.8, 4) is 11.5 Å². The summed E-state index contributed by atoms with van der Waals surface area (Å²) in [6.07, 6.45) is 0. The second-order valence-electron chi connectivity index (χ2n) is 8.80. The minimum absolute atomic E-state index is 0.0893. The van der Waals surface area contributed by atoms with Crippen LogP contribution in [0.15, 0.2) is 65.6 Å². The second-order valence-corrected chi connectivity index (χ2v) is 11.1. The third-order valence-electron chi connectivity index (χ3n) is 6.48. The van der Waals surface area contributed by atoms with Crippen molar-refractivity contribution in [2.45, 2.75) is 11.8 Å². The first-order valence-corrected chi connectivity index (χ1v) is 13.7. The highest BCUT2D eigenvalue weighted by molar-refractivity contribution is 7.92. The van der Waals surface area contributed by atoms with Gasteiger partial charge in [0.25, 0.3) is 10.0 Å². The molecule has 1 aliphatic rings. The van der Waals surface area contributed by atoms with Gasteiger partial charge in [0.05, 0.1) is 24.8 Å². The molecule has 1 fully saturated rings. The highest BCUT2D eigenvalue weighted by atomic mass is 35.5. The number of anilines is 2. The predicted octanol–water partition coefficient (Wildman–Crippen LogP) is 4.35. The van der Waals surface area contributed by atoms with Crippen molar-refractivity contribution in [3.63, 3.8) is 0 Å². The first-order valence-electron chi connectivity index (χ1n) is 11.9. The molecular formula is C27H29ClFN3O5S. The van der Waals surface area contributed by atoms with Crippen LogP contribution < -0.4 is 18.7 Å².